The lowest BCUT2D eigenvalue weighted by Crippen LogP contribution is -2.20. The summed E-state index contributed by atoms with van der Waals surface area (Å²) in [7, 11) is -3.80. The van der Waals surface area contributed by atoms with Gasteiger partial charge in [-0.1, -0.05) is 18.2 Å². The van der Waals surface area contributed by atoms with E-state index in [1.54, 1.807) is 18.2 Å². The summed E-state index contributed by atoms with van der Waals surface area (Å²) in [5.74, 6) is -0.571. The van der Waals surface area contributed by atoms with Gasteiger partial charge in [-0.25, -0.2) is 8.42 Å². The predicted molar refractivity (Wildman–Crippen MR) is 120 cm³/mol. The molecule has 0 aliphatic carbocycles. The molecule has 2 N–H and O–H groups in total. The molecule has 9 nitrogen and oxygen atoms in total. The van der Waals surface area contributed by atoms with Gasteiger partial charge in [-0.05, 0) is 67.4 Å². The molecule has 3 aromatic carbocycles. The van der Waals surface area contributed by atoms with Crippen molar-refractivity contribution in [3.8, 4) is 5.75 Å². The quantitative estimate of drug-likeness (QED) is 0.390. The number of nitrogens with one attached hydrogen (secondary N) is 2. The Kier molecular flexibility index (Phi) is 6.74. The first kappa shape index (κ1) is 22.8. The van der Waals surface area contributed by atoms with Crippen LogP contribution in [0.1, 0.15) is 11.1 Å². The maximum Gasteiger partial charge on any atom is 0.310 e. The number of nitrogens with zero attached hydrogens (tertiary/aromatic N) is 1. The van der Waals surface area contributed by atoms with Crippen LogP contribution >= 0.6 is 0 Å². The largest absolute Gasteiger partial charge is 0.477 e. The van der Waals surface area contributed by atoms with Crippen molar-refractivity contribution in [3.05, 3.63) is 88.0 Å². The van der Waals surface area contributed by atoms with E-state index in [0.717, 1.165) is 11.1 Å². The van der Waals surface area contributed by atoms with Gasteiger partial charge in [0.15, 0.2) is 12.4 Å². The monoisotopic (exact) mass is 455 g/mol. The third-order valence-corrected chi connectivity index (χ3v) is 5.74. The van der Waals surface area contributed by atoms with Gasteiger partial charge in [-0.3, -0.25) is 19.6 Å². The maximum absolute atomic E-state index is 12.6. The normalized spacial score (nSPS) is 10.9. The zero-order valence-corrected chi connectivity index (χ0v) is 18.2. The van der Waals surface area contributed by atoms with Gasteiger partial charge in [-0.2, -0.15) is 0 Å². The molecule has 32 heavy (non-hydrogen) atoms. The molecule has 0 radical (unpaired) electrons. The Balaban J connectivity index is 1.63. The number of anilines is 2. The lowest BCUT2D eigenvalue weighted by atomic mass is 10.1. The third-order valence-electron chi connectivity index (χ3n) is 4.34. The van der Waals surface area contributed by atoms with Crippen LogP contribution in [0.3, 0.4) is 0 Å². The van der Waals surface area contributed by atoms with Crippen molar-refractivity contribution < 1.29 is 22.9 Å². The topological polar surface area (TPSA) is 128 Å². The number of nitro groups is 1. The fourth-order valence-corrected chi connectivity index (χ4v) is 4.08. The van der Waals surface area contributed by atoms with Crippen molar-refractivity contribution >= 4 is 33.0 Å². The fraction of sp³-hybridized carbons (Fsp3) is 0.136. The van der Waals surface area contributed by atoms with E-state index in [2.05, 4.69) is 10.0 Å². The van der Waals surface area contributed by atoms with Crippen molar-refractivity contribution in [1.29, 1.82) is 0 Å². The van der Waals surface area contributed by atoms with Crippen LogP contribution in [0.4, 0.5) is 17.1 Å². The molecule has 0 unspecified atom stereocenters. The molecule has 166 valence electrons. The Morgan fingerprint density at radius 3 is 2.22 bits per heavy atom. The lowest BCUT2D eigenvalue weighted by molar-refractivity contribution is -0.385. The maximum atomic E-state index is 12.6. The Bertz CT molecular complexity index is 1240. The molecule has 0 saturated heterocycles. The van der Waals surface area contributed by atoms with Crippen molar-refractivity contribution in [1.82, 2.24) is 0 Å². The first-order valence-electron chi connectivity index (χ1n) is 9.51. The van der Waals surface area contributed by atoms with Gasteiger partial charge in [0.25, 0.3) is 15.9 Å². The van der Waals surface area contributed by atoms with Crippen molar-refractivity contribution in [2.24, 2.45) is 0 Å². The highest BCUT2D eigenvalue weighted by molar-refractivity contribution is 7.92. The fourth-order valence-electron chi connectivity index (χ4n) is 3.04. The number of hydrogen-bond donors (Lipinski definition) is 2. The van der Waals surface area contributed by atoms with Gasteiger partial charge in [0.1, 0.15) is 0 Å². The van der Waals surface area contributed by atoms with Gasteiger partial charge < -0.3 is 10.1 Å². The second-order valence-corrected chi connectivity index (χ2v) is 8.75. The highest BCUT2D eigenvalue weighted by Crippen LogP contribution is 2.26. The van der Waals surface area contributed by atoms with E-state index < -0.39 is 27.5 Å². The molecule has 0 aliphatic heterocycles. The summed E-state index contributed by atoms with van der Waals surface area (Å²) < 4.78 is 33.0. The number of amides is 1. The van der Waals surface area contributed by atoms with Crippen LogP contribution in [-0.2, 0) is 14.8 Å². The van der Waals surface area contributed by atoms with Gasteiger partial charge in [0, 0.05) is 17.4 Å². The molecule has 3 aromatic rings. The molecule has 0 heterocycles. The van der Waals surface area contributed by atoms with E-state index >= 15 is 0 Å². The minimum atomic E-state index is -3.80. The number of rotatable bonds is 8. The minimum absolute atomic E-state index is 0.0217. The molecule has 0 fully saturated rings. The minimum Gasteiger partial charge on any atom is -0.477 e. The Labute approximate surface area is 185 Å². The number of benzene rings is 3. The summed E-state index contributed by atoms with van der Waals surface area (Å²) in [4.78, 5) is 22.5. The summed E-state index contributed by atoms with van der Waals surface area (Å²) in [6.07, 6.45) is 0. The Morgan fingerprint density at radius 1 is 0.969 bits per heavy atom. The second-order valence-electron chi connectivity index (χ2n) is 7.07. The number of carbonyl (C=O) groups excluding carboxylic acids is 1. The summed E-state index contributed by atoms with van der Waals surface area (Å²) in [6.45, 7) is 3.31. The van der Waals surface area contributed by atoms with Crippen molar-refractivity contribution in [2.45, 2.75) is 18.7 Å². The van der Waals surface area contributed by atoms with E-state index in [4.69, 9.17) is 4.74 Å². The van der Waals surface area contributed by atoms with Crippen LogP contribution in [0.2, 0.25) is 0 Å². The molecular weight excluding hydrogens is 434 g/mol. The first-order chi connectivity index (χ1) is 15.1. The lowest BCUT2D eigenvalue weighted by Gasteiger charge is -2.11. The highest BCUT2D eigenvalue weighted by atomic mass is 32.2. The van der Waals surface area contributed by atoms with E-state index in [9.17, 15) is 23.3 Å². The van der Waals surface area contributed by atoms with Gasteiger partial charge in [-0.15, -0.1) is 0 Å². The summed E-state index contributed by atoms with van der Waals surface area (Å²) in [5, 5.41) is 13.5. The summed E-state index contributed by atoms with van der Waals surface area (Å²) in [5.41, 5.74) is 2.44. The summed E-state index contributed by atoms with van der Waals surface area (Å²) >= 11 is 0. The van der Waals surface area contributed by atoms with Crippen molar-refractivity contribution in [3.63, 3.8) is 0 Å². The number of nitro benzene ring substituents is 1. The number of ether oxygens (including phenoxy) is 1. The molecule has 0 saturated carbocycles. The van der Waals surface area contributed by atoms with Crippen molar-refractivity contribution in [2.75, 3.05) is 16.6 Å². The third kappa shape index (κ3) is 5.82. The zero-order valence-electron chi connectivity index (χ0n) is 17.4. The smallest absolute Gasteiger partial charge is 0.310 e. The molecule has 1 amide bonds. The number of sulfonamides is 1. The Morgan fingerprint density at radius 2 is 1.59 bits per heavy atom. The second kappa shape index (κ2) is 9.48. The first-order valence-corrected chi connectivity index (χ1v) is 11.0. The van der Waals surface area contributed by atoms with Crippen LogP contribution in [0.25, 0.3) is 0 Å². The average molecular weight is 455 g/mol. The number of para-hydroxylation sites is 2. The molecule has 0 spiro atoms. The number of hydrogen-bond acceptors (Lipinski definition) is 6. The summed E-state index contributed by atoms with van der Waals surface area (Å²) in [6, 6.07) is 16.7. The standard InChI is InChI=1S/C22H21N3O6S/c1-15-11-16(2)13-18(12-15)24-32(29,30)19-9-7-17(8-10-19)23-22(26)14-31-21-6-4-3-5-20(21)25(27)28/h3-13,24H,14H2,1-2H3,(H,23,26). The SMILES string of the molecule is Cc1cc(C)cc(NS(=O)(=O)c2ccc(NC(=O)COc3ccccc3[N+](=O)[O-])cc2)c1. The van der Waals surface area contributed by atoms with Crippen LogP contribution < -0.4 is 14.8 Å². The van der Waals surface area contributed by atoms with Crippen LogP contribution in [0.5, 0.6) is 5.75 Å². The zero-order chi connectivity index (χ0) is 23.3. The van der Waals surface area contributed by atoms with E-state index in [1.807, 2.05) is 19.9 Å². The average Bonchev–Trinajstić information content (AvgIpc) is 2.71. The Hall–Kier alpha value is -3.92. The predicted octanol–water partition coefficient (Wildman–Crippen LogP) is 4.03. The van der Waals surface area contributed by atoms with Gasteiger partial charge in [0.05, 0.1) is 9.82 Å². The van der Waals surface area contributed by atoms with E-state index in [1.165, 1.54) is 42.5 Å². The van der Waals surface area contributed by atoms with Crippen LogP contribution in [0.15, 0.2) is 71.6 Å². The van der Waals surface area contributed by atoms with Gasteiger partial charge >= 0.3 is 5.69 Å². The highest BCUT2D eigenvalue weighted by Gasteiger charge is 2.16. The molecule has 10 heteroatoms. The van der Waals surface area contributed by atoms with Crippen LogP contribution in [-0.4, -0.2) is 25.9 Å². The van der Waals surface area contributed by atoms with E-state index in [0.29, 0.717) is 11.4 Å². The van der Waals surface area contributed by atoms with Crippen LogP contribution in [0, 0.1) is 24.0 Å². The molecule has 0 aliphatic rings. The molecule has 3 rings (SSSR count). The van der Waals surface area contributed by atoms with E-state index in [-0.39, 0.29) is 16.3 Å². The molecule has 0 atom stereocenters. The molecule has 0 bridgehead atoms. The molecule has 0 aromatic heterocycles. The number of aryl methyl sites for hydroxylation is 2. The van der Waals surface area contributed by atoms with Gasteiger partial charge in [0.2, 0.25) is 0 Å². The molecular formula is C22H21N3O6S. The number of carbonyl (C=O) groups is 1.